The Hall–Kier alpha value is -2.40. The van der Waals surface area contributed by atoms with E-state index < -0.39 is 17.7 Å². The number of carbonyl (C=O) groups is 2. The van der Waals surface area contributed by atoms with Gasteiger partial charge in [0.2, 0.25) is 11.6 Å². The zero-order valence-corrected chi connectivity index (χ0v) is 11.7. The highest BCUT2D eigenvalue weighted by Gasteiger charge is 2.21. The van der Waals surface area contributed by atoms with Crippen LogP contribution in [0.25, 0.3) is 0 Å². The number of allylic oxidation sites excluding steroid dienone is 2. The maximum Gasteiger partial charge on any atom is 0.229 e. The molecule has 5 heteroatoms. The lowest BCUT2D eigenvalue weighted by Crippen LogP contribution is -2.31. The maximum atomic E-state index is 11.4. The van der Waals surface area contributed by atoms with Crippen LogP contribution in [0.5, 0.6) is 0 Å². The Morgan fingerprint density at radius 1 is 1.14 bits per heavy atom. The number of rotatable bonds is 6. The summed E-state index contributed by atoms with van der Waals surface area (Å²) in [4.78, 5) is 22.6. The van der Waals surface area contributed by atoms with E-state index in [1.807, 2.05) is 30.3 Å². The molecule has 1 unspecified atom stereocenters. The number of benzene rings is 1. The second-order valence-corrected chi connectivity index (χ2v) is 4.72. The fourth-order valence-corrected chi connectivity index (χ4v) is 2.03. The number of ketones is 2. The highest BCUT2D eigenvalue weighted by molar-refractivity contribution is 6.46. The molecule has 0 aromatic heterocycles. The van der Waals surface area contributed by atoms with E-state index in [0.717, 1.165) is 11.6 Å². The molecule has 0 saturated carbocycles. The van der Waals surface area contributed by atoms with Gasteiger partial charge in [-0.1, -0.05) is 30.3 Å². The fourth-order valence-electron chi connectivity index (χ4n) is 2.03. The molecule has 21 heavy (non-hydrogen) atoms. The van der Waals surface area contributed by atoms with Crippen LogP contribution < -0.4 is 5.32 Å². The van der Waals surface area contributed by atoms with Gasteiger partial charge in [0, 0.05) is 25.1 Å². The van der Waals surface area contributed by atoms with Crippen LogP contribution in [-0.2, 0) is 20.7 Å². The summed E-state index contributed by atoms with van der Waals surface area (Å²) in [5.74, 6) is -0.912. The first-order valence-electron chi connectivity index (χ1n) is 6.62. The van der Waals surface area contributed by atoms with Crippen molar-refractivity contribution in [2.75, 3.05) is 13.7 Å². The van der Waals surface area contributed by atoms with Crippen LogP contribution in [0.2, 0.25) is 0 Å². The Morgan fingerprint density at radius 3 is 2.48 bits per heavy atom. The van der Waals surface area contributed by atoms with E-state index in [0.29, 0.717) is 17.9 Å². The van der Waals surface area contributed by atoms with Crippen LogP contribution in [0.15, 0.2) is 53.9 Å². The summed E-state index contributed by atoms with van der Waals surface area (Å²) < 4.78 is 5.05. The topological polar surface area (TPSA) is 75.6 Å². The number of aliphatic hydroxyl groups is 1. The Bertz CT molecular complexity index is 590. The van der Waals surface area contributed by atoms with Crippen LogP contribution in [0, 0.1) is 0 Å². The minimum absolute atomic E-state index is 0.253. The van der Waals surface area contributed by atoms with Gasteiger partial charge in [-0.3, -0.25) is 9.59 Å². The Labute approximate surface area is 122 Å². The quantitative estimate of drug-likeness (QED) is 0.596. The van der Waals surface area contributed by atoms with E-state index in [9.17, 15) is 14.7 Å². The standard InChI is InChI=1S/C16H17NO4/c1-21-16-9-15(20)14(19)8-13(16)17-10-12(18)7-11-5-3-2-4-6-11/h2-6,8-9,12,17-18H,7,10H2,1H3. The van der Waals surface area contributed by atoms with Crippen molar-refractivity contribution in [2.45, 2.75) is 12.5 Å². The summed E-state index contributed by atoms with van der Waals surface area (Å²) in [6.07, 6.45) is 2.23. The lowest BCUT2D eigenvalue weighted by Gasteiger charge is -2.18. The second-order valence-electron chi connectivity index (χ2n) is 4.72. The molecular formula is C16H17NO4. The third-order valence-electron chi connectivity index (χ3n) is 3.11. The third-order valence-corrected chi connectivity index (χ3v) is 3.11. The lowest BCUT2D eigenvalue weighted by molar-refractivity contribution is -0.131. The van der Waals surface area contributed by atoms with E-state index in [1.165, 1.54) is 13.2 Å². The van der Waals surface area contributed by atoms with E-state index in [4.69, 9.17) is 4.74 Å². The molecule has 0 amide bonds. The summed E-state index contributed by atoms with van der Waals surface area (Å²) in [6.45, 7) is 0.253. The van der Waals surface area contributed by atoms with Crippen LogP contribution >= 0.6 is 0 Å². The Morgan fingerprint density at radius 2 is 1.81 bits per heavy atom. The first-order valence-corrected chi connectivity index (χ1v) is 6.62. The SMILES string of the molecule is COC1=CC(=O)C(=O)C=C1NCC(O)Cc1ccccc1. The van der Waals surface area contributed by atoms with Gasteiger partial charge in [-0.2, -0.15) is 0 Å². The number of methoxy groups -OCH3 is 1. The molecule has 0 bridgehead atoms. The molecule has 0 aliphatic heterocycles. The van der Waals surface area contributed by atoms with Crippen molar-refractivity contribution >= 4 is 11.6 Å². The van der Waals surface area contributed by atoms with Gasteiger partial charge in [-0.05, 0) is 5.56 Å². The van der Waals surface area contributed by atoms with Crippen molar-refractivity contribution < 1.29 is 19.4 Å². The summed E-state index contributed by atoms with van der Waals surface area (Å²) in [7, 11) is 1.42. The average molecular weight is 287 g/mol. The molecule has 5 nitrogen and oxygen atoms in total. The molecule has 1 aromatic carbocycles. The molecule has 0 radical (unpaired) electrons. The molecule has 2 N–H and O–H groups in total. The molecule has 1 aromatic rings. The van der Waals surface area contributed by atoms with E-state index >= 15 is 0 Å². The zero-order valence-electron chi connectivity index (χ0n) is 11.7. The molecule has 0 fully saturated rings. The number of ether oxygens (including phenoxy) is 1. The summed E-state index contributed by atoms with van der Waals surface area (Å²) in [6, 6.07) is 9.61. The smallest absolute Gasteiger partial charge is 0.229 e. The molecular weight excluding hydrogens is 270 g/mol. The lowest BCUT2D eigenvalue weighted by atomic mass is 10.1. The Kier molecular flexibility index (Phi) is 4.90. The van der Waals surface area contributed by atoms with Crippen molar-refractivity contribution in [2.24, 2.45) is 0 Å². The molecule has 110 valence electrons. The molecule has 1 aliphatic rings. The maximum absolute atomic E-state index is 11.4. The summed E-state index contributed by atoms with van der Waals surface area (Å²) in [5.41, 5.74) is 1.44. The van der Waals surface area contributed by atoms with Gasteiger partial charge in [0.15, 0.2) is 0 Å². The number of hydrogen-bond donors (Lipinski definition) is 2. The number of aliphatic hydroxyl groups excluding tert-OH is 1. The van der Waals surface area contributed by atoms with E-state index in [-0.39, 0.29) is 6.54 Å². The molecule has 0 saturated heterocycles. The van der Waals surface area contributed by atoms with Gasteiger partial charge in [0.05, 0.1) is 18.9 Å². The van der Waals surface area contributed by atoms with Gasteiger partial charge in [-0.25, -0.2) is 0 Å². The largest absolute Gasteiger partial charge is 0.494 e. The van der Waals surface area contributed by atoms with Crippen LogP contribution in [0.1, 0.15) is 5.56 Å². The highest BCUT2D eigenvalue weighted by Crippen LogP contribution is 2.13. The fraction of sp³-hybridized carbons (Fsp3) is 0.250. The normalized spacial score (nSPS) is 16.1. The second kappa shape index (κ2) is 6.85. The number of hydrogen-bond acceptors (Lipinski definition) is 5. The number of nitrogens with one attached hydrogen (secondary N) is 1. The molecule has 1 aliphatic carbocycles. The predicted molar refractivity (Wildman–Crippen MR) is 77.3 cm³/mol. The van der Waals surface area contributed by atoms with Crippen LogP contribution in [0.3, 0.4) is 0 Å². The van der Waals surface area contributed by atoms with E-state index in [1.54, 1.807) is 0 Å². The number of carbonyl (C=O) groups excluding carboxylic acids is 2. The molecule has 1 atom stereocenters. The van der Waals surface area contributed by atoms with Crippen molar-refractivity contribution in [3.63, 3.8) is 0 Å². The van der Waals surface area contributed by atoms with Crippen LogP contribution in [-0.4, -0.2) is 36.4 Å². The van der Waals surface area contributed by atoms with Crippen molar-refractivity contribution in [1.29, 1.82) is 0 Å². The summed E-state index contributed by atoms with van der Waals surface area (Å²) in [5, 5.41) is 12.9. The zero-order chi connectivity index (χ0) is 15.2. The molecule has 0 heterocycles. The van der Waals surface area contributed by atoms with Gasteiger partial charge < -0.3 is 15.2 Å². The van der Waals surface area contributed by atoms with Gasteiger partial charge in [0.1, 0.15) is 5.76 Å². The Balaban J connectivity index is 1.93. The minimum Gasteiger partial charge on any atom is -0.494 e. The first-order chi connectivity index (χ1) is 10.1. The monoisotopic (exact) mass is 287 g/mol. The van der Waals surface area contributed by atoms with Crippen molar-refractivity contribution in [1.82, 2.24) is 5.32 Å². The molecule has 2 rings (SSSR count). The predicted octanol–water partition coefficient (Wildman–Crippen LogP) is 0.746. The van der Waals surface area contributed by atoms with Gasteiger partial charge in [-0.15, -0.1) is 0 Å². The van der Waals surface area contributed by atoms with Crippen LogP contribution in [0.4, 0.5) is 0 Å². The van der Waals surface area contributed by atoms with Crippen molar-refractivity contribution in [3.05, 3.63) is 59.5 Å². The third kappa shape index (κ3) is 4.03. The minimum atomic E-state index is -0.612. The van der Waals surface area contributed by atoms with Crippen molar-refractivity contribution in [3.8, 4) is 0 Å². The average Bonchev–Trinajstić information content (AvgIpc) is 2.49. The van der Waals surface area contributed by atoms with Gasteiger partial charge in [0.25, 0.3) is 0 Å². The molecule has 0 spiro atoms. The first kappa shape index (κ1) is 15.0. The van der Waals surface area contributed by atoms with E-state index in [2.05, 4.69) is 5.32 Å². The highest BCUT2D eigenvalue weighted by atomic mass is 16.5. The van der Waals surface area contributed by atoms with Gasteiger partial charge >= 0.3 is 0 Å². The summed E-state index contributed by atoms with van der Waals surface area (Å²) >= 11 is 0.